The van der Waals surface area contributed by atoms with E-state index in [0.717, 1.165) is 17.4 Å². The second-order valence-corrected chi connectivity index (χ2v) is 4.68. The maximum atomic E-state index is 5.41. The molecule has 2 nitrogen and oxygen atoms in total. The van der Waals surface area contributed by atoms with Gasteiger partial charge in [0, 0.05) is 11.5 Å². The Bertz CT molecular complexity index is 312. The zero-order chi connectivity index (χ0) is 10.2. The third-order valence-corrected chi connectivity index (χ3v) is 3.57. The molecule has 2 rings (SSSR count). The summed E-state index contributed by atoms with van der Waals surface area (Å²) in [5, 5.41) is 3.99. The number of nitrogens with zero attached hydrogens (tertiary/aromatic N) is 1. The van der Waals surface area contributed by atoms with Gasteiger partial charge in [-0.25, -0.2) is 0 Å². The van der Waals surface area contributed by atoms with Crippen LogP contribution in [0.25, 0.3) is 0 Å². The molecule has 0 aliphatic heterocycles. The highest BCUT2D eigenvalue weighted by molar-refractivity contribution is 5.24. The minimum Gasteiger partial charge on any atom is -0.361 e. The molecule has 1 aromatic heterocycles. The number of hydrogen-bond donors (Lipinski definition) is 0. The lowest BCUT2D eigenvalue weighted by molar-refractivity contribution is 0.295. The van der Waals surface area contributed by atoms with Gasteiger partial charge in [-0.15, -0.1) is 0 Å². The summed E-state index contributed by atoms with van der Waals surface area (Å²) in [6, 6.07) is 2.11. The van der Waals surface area contributed by atoms with E-state index in [2.05, 4.69) is 25.1 Å². The third-order valence-electron chi connectivity index (χ3n) is 3.57. The molecule has 0 bridgehead atoms. The molecule has 0 aromatic carbocycles. The third kappa shape index (κ3) is 1.47. The first-order chi connectivity index (χ1) is 6.69. The summed E-state index contributed by atoms with van der Waals surface area (Å²) in [5.74, 6) is 1.86. The van der Waals surface area contributed by atoms with Gasteiger partial charge in [0.2, 0.25) is 0 Å². The lowest BCUT2D eigenvalue weighted by atomic mass is 9.85. The molecule has 2 heteroatoms. The van der Waals surface area contributed by atoms with Gasteiger partial charge in [0.15, 0.2) is 0 Å². The molecule has 1 aliphatic carbocycles. The van der Waals surface area contributed by atoms with Crippen molar-refractivity contribution < 1.29 is 4.52 Å². The average Bonchev–Trinajstić information content (AvgIpc) is 2.85. The highest BCUT2D eigenvalue weighted by Gasteiger charge is 2.51. The molecule has 1 heterocycles. The Morgan fingerprint density at radius 2 is 2.29 bits per heavy atom. The van der Waals surface area contributed by atoms with E-state index in [-0.39, 0.29) is 0 Å². The van der Waals surface area contributed by atoms with E-state index in [1.54, 1.807) is 0 Å². The van der Waals surface area contributed by atoms with Gasteiger partial charge < -0.3 is 4.52 Å². The lowest BCUT2D eigenvalue weighted by Crippen LogP contribution is -2.16. The standard InChI is InChI=1S/C12H19NO/c1-4-5-9(2)12(6-7-12)11-8-10(3)13-14-11/h8-9H,4-7H2,1-3H3. The SMILES string of the molecule is CCCC(C)C1(c2cc(C)no2)CC1. The van der Waals surface area contributed by atoms with E-state index in [4.69, 9.17) is 4.52 Å². The largest absolute Gasteiger partial charge is 0.361 e. The van der Waals surface area contributed by atoms with Crippen molar-refractivity contribution >= 4 is 0 Å². The van der Waals surface area contributed by atoms with Crippen molar-refractivity contribution in [1.82, 2.24) is 5.16 Å². The molecular weight excluding hydrogens is 174 g/mol. The average molecular weight is 193 g/mol. The predicted octanol–water partition coefficient (Wildman–Crippen LogP) is 3.45. The Kier molecular flexibility index (Phi) is 2.38. The van der Waals surface area contributed by atoms with Gasteiger partial charge in [-0.2, -0.15) is 0 Å². The summed E-state index contributed by atoms with van der Waals surface area (Å²) >= 11 is 0. The maximum Gasteiger partial charge on any atom is 0.143 e. The molecule has 1 saturated carbocycles. The second-order valence-electron chi connectivity index (χ2n) is 4.68. The number of hydrogen-bond acceptors (Lipinski definition) is 2. The molecule has 0 radical (unpaired) electrons. The van der Waals surface area contributed by atoms with Gasteiger partial charge in [-0.3, -0.25) is 0 Å². The van der Waals surface area contributed by atoms with Crippen LogP contribution in [0.2, 0.25) is 0 Å². The molecule has 0 amide bonds. The minimum atomic E-state index is 0.345. The zero-order valence-electron chi connectivity index (χ0n) is 9.34. The molecule has 78 valence electrons. The Morgan fingerprint density at radius 1 is 1.57 bits per heavy atom. The van der Waals surface area contributed by atoms with E-state index in [1.807, 2.05) is 6.92 Å². The van der Waals surface area contributed by atoms with Crippen molar-refractivity contribution in [3.8, 4) is 0 Å². The highest BCUT2D eigenvalue weighted by atomic mass is 16.5. The molecule has 1 fully saturated rings. The summed E-state index contributed by atoms with van der Waals surface area (Å²) in [6.07, 6.45) is 5.11. The summed E-state index contributed by atoms with van der Waals surface area (Å²) < 4.78 is 5.41. The summed E-state index contributed by atoms with van der Waals surface area (Å²) in [7, 11) is 0. The van der Waals surface area contributed by atoms with E-state index >= 15 is 0 Å². The Balaban J connectivity index is 2.16. The smallest absolute Gasteiger partial charge is 0.143 e. The van der Waals surface area contributed by atoms with Crippen molar-refractivity contribution in [3.63, 3.8) is 0 Å². The fourth-order valence-corrected chi connectivity index (χ4v) is 2.42. The molecule has 1 aromatic rings. The van der Waals surface area contributed by atoms with E-state index in [1.165, 1.54) is 25.7 Å². The summed E-state index contributed by atoms with van der Waals surface area (Å²) in [4.78, 5) is 0. The van der Waals surface area contributed by atoms with Gasteiger partial charge in [0.1, 0.15) is 5.76 Å². The molecule has 1 aliphatic rings. The molecule has 0 saturated heterocycles. The van der Waals surface area contributed by atoms with Crippen LogP contribution in [-0.2, 0) is 5.41 Å². The van der Waals surface area contributed by atoms with Crippen LogP contribution in [0.3, 0.4) is 0 Å². The molecule has 14 heavy (non-hydrogen) atoms. The van der Waals surface area contributed by atoms with Gasteiger partial charge >= 0.3 is 0 Å². The molecule has 0 N–H and O–H groups in total. The van der Waals surface area contributed by atoms with Crippen LogP contribution < -0.4 is 0 Å². The van der Waals surface area contributed by atoms with Crippen molar-refractivity contribution in [2.45, 2.75) is 51.9 Å². The Labute approximate surface area is 85.7 Å². The zero-order valence-corrected chi connectivity index (χ0v) is 9.34. The first-order valence-electron chi connectivity index (χ1n) is 5.63. The van der Waals surface area contributed by atoms with Crippen molar-refractivity contribution in [3.05, 3.63) is 17.5 Å². The topological polar surface area (TPSA) is 26.0 Å². The van der Waals surface area contributed by atoms with Crippen LogP contribution >= 0.6 is 0 Å². The van der Waals surface area contributed by atoms with Gasteiger partial charge in [-0.05, 0) is 25.7 Å². The summed E-state index contributed by atoms with van der Waals surface area (Å²) in [5.41, 5.74) is 1.35. The van der Waals surface area contributed by atoms with Crippen LogP contribution in [0, 0.1) is 12.8 Å². The summed E-state index contributed by atoms with van der Waals surface area (Å²) in [6.45, 7) is 6.58. The van der Waals surface area contributed by atoms with Crippen LogP contribution in [0.1, 0.15) is 51.0 Å². The second kappa shape index (κ2) is 3.41. The number of aromatic nitrogens is 1. The van der Waals surface area contributed by atoms with Crippen LogP contribution in [0.5, 0.6) is 0 Å². The van der Waals surface area contributed by atoms with E-state index < -0.39 is 0 Å². The normalized spacial score (nSPS) is 20.8. The van der Waals surface area contributed by atoms with Gasteiger partial charge in [0.05, 0.1) is 5.69 Å². The minimum absolute atomic E-state index is 0.345. The molecular formula is C12H19NO. The van der Waals surface area contributed by atoms with Crippen molar-refractivity contribution in [2.24, 2.45) is 5.92 Å². The van der Waals surface area contributed by atoms with Crippen LogP contribution in [-0.4, -0.2) is 5.16 Å². The number of aryl methyl sites for hydroxylation is 1. The maximum absolute atomic E-state index is 5.41. The monoisotopic (exact) mass is 193 g/mol. The Hall–Kier alpha value is -0.790. The van der Waals surface area contributed by atoms with Gasteiger partial charge in [-0.1, -0.05) is 31.8 Å². The van der Waals surface area contributed by atoms with Crippen LogP contribution in [0.4, 0.5) is 0 Å². The molecule has 1 unspecified atom stereocenters. The van der Waals surface area contributed by atoms with Crippen molar-refractivity contribution in [1.29, 1.82) is 0 Å². The van der Waals surface area contributed by atoms with Crippen LogP contribution in [0.15, 0.2) is 10.6 Å². The Morgan fingerprint density at radius 3 is 2.71 bits per heavy atom. The van der Waals surface area contributed by atoms with E-state index in [9.17, 15) is 0 Å². The molecule has 1 atom stereocenters. The first-order valence-corrected chi connectivity index (χ1v) is 5.63. The number of rotatable bonds is 4. The quantitative estimate of drug-likeness (QED) is 0.732. The van der Waals surface area contributed by atoms with Crippen molar-refractivity contribution in [2.75, 3.05) is 0 Å². The fraction of sp³-hybridized carbons (Fsp3) is 0.750. The fourth-order valence-electron chi connectivity index (χ4n) is 2.42. The highest BCUT2D eigenvalue weighted by Crippen LogP contribution is 2.55. The van der Waals surface area contributed by atoms with E-state index in [0.29, 0.717) is 5.41 Å². The lowest BCUT2D eigenvalue weighted by Gasteiger charge is -2.19. The predicted molar refractivity (Wildman–Crippen MR) is 56.2 cm³/mol. The van der Waals surface area contributed by atoms with Gasteiger partial charge in [0.25, 0.3) is 0 Å². The molecule has 0 spiro atoms. The first kappa shape index (κ1) is 9.75.